The van der Waals surface area contributed by atoms with Crippen LogP contribution >= 0.6 is 0 Å². The van der Waals surface area contributed by atoms with Crippen LogP contribution in [0.25, 0.3) is 0 Å². The SMILES string of the molecule is CN1c2ccccc2Oc2ccccc21.[O-][Cl+3]([O-])([O-])O. The van der Waals surface area contributed by atoms with Crippen molar-refractivity contribution in [1.29, 1.82) is 0 Å². The Bertz CT molecular complexity index is 548. The molecular weight excluding hydrogens is 286 g/mol. The third-order valence-electron chi connectivity index (χ3n) is 2.67. The molecule has 1 aliphatic heterocycles. The third kappa shape index (κ3) is 3.60. The number of hydrogen-bond acceptors (Lipinski definition) is 6. The van der Waals surface area contributed by atoms with Crippen LogP contribution in [0.15, 0.2) is 48.5 Å². The van der Waals surface area contributed by atoms with Crippen molar-refractivity contribution in [3.8, 4) is 11.5 Å². The third-order valence-corrected chi connectivity index (χ3v) is 2.67. The minimum atomic E-state index is -4.69. The monoisotopic (exact) mass is 297 g/mol. The number of ether oxygens (including phenoxy) is 1. The molecule has 1 aliphatic rings. The molecule has 0 fully saturated rings. The quantitative estimate of drug-likeness (QED) is 0.699. The van der Waals surface area contributed by atoms with Crippen LogP contribution in [0.1, 0.15) is 0 Å². The van der Waals surface area contributed by atoms with Crippen molar-refractivity contribution < 1.29 is 33.6 Å². The van der Waals surface area contributed by atoms with Crippen LogP contribution in [-0.2, 0) is 0 Å². The van der Waals surface area contributed by atoms with E-state index >= 15 is 0 Å². The second-order valence-corrected chi connectivity index (χ2v) is 4.78. The van der Waals surface area contributed by atoms with Gasteiger partial charge < -0.3 is 9.64 Å². The minimum Gasteiger partial charge on any atom is -0.453 e. The zero-order valence-corrected chi connectivity index (χ0v) is 11.3. The number of fused-ring (bicyclic) bond motifs is 2. The highest BCUT2D eigenvalue weighted by Gasteiger charge is 2.19. The normalized spacial score (nSPS) is 12.6. The lowest BCUT2D eigenvalue weighted by molar-refractivity contribution is -1.92. The molecule has 20 heavy (non-hydrogen) atoms. The van der Waals surface area contributed by atoms with Gasteiger partial charge in [-0.2, -0.15) is 14.0 Å². The number of nitrogens with zero attached hydrogens (tertiary/aromatic N) is 1. The standard InChI is InChI=1S/C13H11NO.ClHO4/c1-14-10-6-2-4-8-12(10)15-13-9-5-3-7-11(13)14;2-1(3,4)5/h2-9H,1H3;(H,2,3,4,5). The van der Waals surface area contributed by atoms with Gasteiger partial charge in [-0.3, -0.25) is 0 Å². The van der Waals surface area contributed by atoms with Gasteiger partial charge in [-0.1, -0.05) is 24.3 Å². The summed E-state index contributed by atoms with van der Waals surface area (Å²) in [6, 6.07) is 16.1. The fourth-order valence-corrected chi connectivity index (χ4v) is 1.89. The van der Waals surface area contributed by atoms with Gasteiger partial charge in [0, 0.05) is 7.05 Å². The Morgan fingerprint density at radius 2 is 1.25 bits per heavy atom. The van der Waals surface area contributed by atoms with Crippen LogP contribution in [-0.4, -0.2) is 11.7 Å². The minimum absolute atomic E-state index is 0.915. The van der Waals surface area contributed by atoms with Gasteiger partial charge in [0.2, 0.25) is 0 Å². The van der Waals surface area contributed by atoms with Crippen LogP contribution in [0.2, 0.25) is 0 Å². The second kappa shape index (κ2) is 5.66. The van der Waals surface area contributed by atoms with Gasteiger partial charge >= 0.3 is 0 Å². The summed E-state index contributed by atoms with van der Waals surface area (Å²) in [6.45, 7) is 0. The number of rotatable bonds is 0. The van der Waals surface area contributed by atoms with Crippen molar-refractivity contribution >= 4 is 11.4 Å². The molecule has 0 bridgehead atoms. The first-order chi connectivity index (χ1) is 9.36. The molecule has 0 radical (unpaired) electrons. The molecule has 2 aromatic carbocycles. The number of hydrogen-bond donors (Lipinski definition) is 1. The highest BCUT2D eigenvalue weighted by atomic mass is 35.7. The molecule has 0 aromatic heterocycles. The average molecular weight is 298 g/mol. The van der Waals surface area contributed by atoms with E-state index in [9.17, 15) is 0 Å². The summed E-state index contributed by atoms with van der Waals surface area (Å²) < 4.78 is 38.5. The molecular formula is C13H12ClNO5. The Hall–Kier alpha value is -1.83. The van der Waals surface area contributed by atoms with E-state index in [1.165, 1.54) is 0 Å². The lowest BCUT2D eigenvalue weighted by Crippen LogP contribution is -2.58. The lowest BCUT2D eigenvalue weighted by Gasteiger charge is -2.29. The van der Waals surface area contributed by atoms with E-state index in [1.54, 1.807) is 0 Å². The van der Waals surface area contributed by atoms with Crippen molar-refractivity contribution in [1.82, 2.24) is 0 Å². The smallest absolute Gasteiger partial charge is 0.151 e. The first-order valence-electron chi connectivity index (χ1n) is 5.59. The first kappa shape index (κ1) is 14.6. The Balaban J connectivity index is 0.000000257. The van der Waals surface area contributed by atoms with Crippen molar-refractivity contribution in [3.05, 3.63) is 48.5 Å². The summed E-state index contributed by atoms with van der Waals surface area (Å²) in [7, 11) is -2.64. The Morgan fingerprint density at radius 3 is 1.65 bits per heavy atom. The summed E-state index contributed by atoms with van der Waals surface area (Å²) in [5.74, 6) is 1.83. The van der Waals surface area contributed by atoms with Gasteiger partial charge in [-0.25, -0.2) is 0 Å². The number of anilines is 2. The maximum atomic E-state index is 8.60. The zero-order chi connectivity index (χ0) is 14.8. The predicted molar refractivity (Wildman–Crippen MR) is 63.2 cm³/mol. The largest absolute Gasteiger partial charge is 0.453 e. The van der Waals surface area contributed by atoms with Crippen LogP contribution in [0.3, 0.4) is 0 Å². The summed E-state index contributed by atoms with van der Waals surface area (Å²) in [4.78, 5) is 2.15. The van der Waals surface area contributed by atoms with Crippen LogP contribution in [0.4, 0.5) is 11.4 Å². The summed E-state index contributed by atoms with van der Waals surface area (Å²) >= 11 is 0. The average Bonchev–Trinajstić information content (AvgIpc) is 2.37. The van der Waals surface area contributed by atoms with Gasteiger partial charge in [0.25, 0.3) is 0 Å². The molecule has 7 heteroatoms. The Labute approximate surface area is 117 Å². The predicted octanol–water partition coefficient (Wildman–Crippen LogP) is -0.564. The molecule has 3 rings (SSSR count). The zero-order valence-electron chi connectivity index (χ0n) is 10.5. The Morgan fingerprint density at radius 1 is 0.900 bits per heavy atom. The van der Waals surface area contributed by atoms with Gasteiger partial charge in [0.1, 0.15) is 0 Å². The summed E-state index contributed by atoms with van der Waals surface area (Å²) in [6.07, 6.45) is 0. The maximum absolute atomic E-state index is 8.60. The summed E-state index contributed by atoms with van der Waals surface area (Å²) in [5.41, 5.74) is 2.22. The molecule has 0 saturated heterocycles. The van der Waals surface area contributed by atoms with Gasteiger partial charge in [0.15, 0.2) is 11.5 Å². The Kier molecular flexibility index (Phi) is 4.12. The highest BCUT2D eigenvalue weighted by molar-refractivity contribution is 5.76. The van der Waals surface area contributed by atoms with Crippen molar-refractivity contribution in [2.75, 3.05) is 11.9 Å². The second-order valence-electron chi connectivity index (χ2n) is 3.99. The maximum Gasteiger partial charge on any atom is 0.151 e. The number of halogens is 1. The van der Waals surface area contributed by atoms with E-state index in [-0.39, 0.29) is 0 Å². The first-order valence-corrected chi connectivity index (χ1v) is 6.85. The van der Waals surface area contributed by atoms with Crippen molar-refractivity contribution in [3.63, 3.8) is 0 Å². The van der Waals surface area contributed by atoms with E-state index in [4.69, 9.17) is 23.4 Å². The van der Waals surface area contributed by atoms with E-state index in [0.717, 1.165) is 22.9 Å². The molecule has 0 amide bonds. The molecule has 0 spiro atoms. The molecule has 0 aliphatic carbocycles. The van der Waals surface area contributed by atoms with Gasteiger partial charge in [0.05, 0.1) is 26.3 Å². The van der Waals surface area contributed by atoms with Crippen LogP contribution in [0, 0.1) is 10.2 Å². The van der Waals surface area contributed by atoms with Gasteiger partial charge in [-0.15, -0.1) is 0 Å². The van der Waals surface area contributed by atoms with Crippen molar-refractivity contribution in [2.24, 2.45) is 0 Å². The molecule has 6 nitrogen and oxygen atoms in total. The fourth-order valence-electron chi connectivity index (χ4n) is 1.89. The van der Waals surface area contributed by atoms with E-state index < -0.39 is 10.2 Å². The number of para-hydroxylation sites is 4. The fraction of sp³-hybridized carbons (Fsp3) is 0.0769. The molecule has 0 saturated carbocycles. The van der Waals surface area contributed by atoms with E-state index in [2.05, 4.69) is 24.1 Å². The molecule has 0 unspecified atom stereocenters. The number of benzene rings is 2. The highest BCUT2D eigenvalue weighted by Crippen LogP contribution is 2.44. The van der Waals surface area contributed by atoms with E-state index in [1.807, 2.05) is 36.4 Å². The molecule has 1 heterocycles. The molecule has 106 valence electrons. The van der Waals surface area contributed by atoms with Crippen LogP contribution in [0.5, 0.6) is 11.5 Å². The lowest BCUT2D eigenvalue weighted by atomic mass is 10.2. The molecule has 1 N–H and O–H groups in total. The van der Waals surface area contributed by atoms with Crippen LogP contribution < -0.4 is 23.6 Å². The topological polar surface area (TPSA) is 102 Å². The van der Waals surface area contributed by atoms with Crippen molar-refractivity contribution in [2.45, 2.75) is 0 Å². The molecule has 2 aromatic rings. The van der Waals surface area contributed by atoms with Gasteiger partial charge in [-0.05, 0) is 24.3 Å². The summed E-state index contributed by atoms with van der Waals surface area (Å²) in [5, 5.41) is 0. The molecule has 0 atom stereocenters. The van der Waals surface area contributed by atoms with E-state index in [0.29, 0.717) is 0 Å².